The monoisotopic (exact) mass is 501 g/mol. The zero-order valence-electron chi connectivity index (χ0n) is 19.6. The number of carbonyl (C=O) groups excluding carboxylic acids is 1. The molecule has 35 heavy (non-hydrogen) atoms. The van der Waals surface area contributed by atoms with Crippen LogP contribution in [-0.4, -0.2) is 47.1 Å². The minimum Gasteiger partial charge on any atom is -0.444 e. The second-order valence-corrected chi connectivity index (χ2v) is 11.2. The number of nitro groups is 1. The molecule has 11 nitrogen and oxygen atoms in total. The van der Waals surface area contributed by atoms with Crippen LogP contribution in [0.1, 0.15) is 40.0 Å². The molecule has 0 radical (unpaired) electrons. The molecular weight excluding hydrogens is 474 g/mol. The van der Waals surface area contributed by atoms with Gasteiger partial charge in [0.2, 0.25) is 0 Å². The molecule has 2 atom stereocenters. The average Bonchev–Trinajstić information content (AvgIpc) is 3.42. The molecule has 2 aromatic heterocycles. The Morgan fingerprint density at radius 1 is 1.23 bits per heavy atom. The van der Waals surface area contributed by atoms with Gasteiger partial charge in [0.15, 0.2) is 0 Å². The minimum atomic E-state index is -4.20. The maximum Gasteiger partial charge on any atom is 0.407 e. The molecule has 0 bridgehead atoms. The van der Waals surface area contributed by atoms with Gasteiger partial charge in [0.25, 0.3) is 10.0 Å². The molecule has 2 N–H and O–H groups in total. The summed E-state index contributed by atoms with van der Waals surface area (Å²) in [7, 11) is -4.20. The van der Waals surface area contributed by atoms with Gasteiger partial charge in [-0.2, -0.15) is 0 Å². The predicted octanol–water partition coefficient (Wildman–Crippen LogP) is 4.11. The number of hydrogen-bond donors (Lipinski definition) is 2. The second kappa shape index (κ2) is 9.17. The van der Waals surface area contributed by atoms with Crippen molar-refractivity contribution in [2.75, 3.05) is 4.31 Å². The SMILES string of the molecule is CC(C)(C)OC(=O)N[C@@H]1CC[C@@H](N(c2c([N+](=O)[O-])cnc3[nH]ccc23)S(=O)(=O)c2ccccc2)C1. The van der Waals surface area contributed by atoms with Gasteiger partial charge < -0.3 is 15.0 Å². The topological polar surface area (TPSA) is 148 Å². The number of fused-ring (bicyclic) bond motifs is 1. The third-order valence-electron chi connectivity index (χ3n) is 5.71. The fourth-order valence-electron chi connectivity index (χ4n) is 4.33. The van der Waals surface area contributed by atoms with Gasteiger partial charge in [0.1, 0.15) is 23.1 Å². The highest BCUT2D eigenvalue weighted by molar-refractivity contribution is 7.93. The molecule has 1 aliphatic rings. The van der Waals surface area contributed by atoms with Crippen molar-refractivity contribution in [3.63, 3.8) is 0 Å². The highest BCUT2D eigenvalue weighted by atomic mass is 32.2. The van der Waals surface area contributed by atoms with Crippen molar-refractivity contribution < 1.29 is 22.9 Å². The van der Waals surface area contributed by atoms with E-state index in [0.717, 1.165) is 10.5 Å². The molecule has 1 fully saturated rings. The van der Waals surface area contributed by atoms with Crippen LogP contribution in [0.2, 0.25) is 0 Å². The van der Waals surface area contributed by atoms with Crippen LogP contribution in [-0.2, 0) is 14.8 Å². The Bertz CT molecular complexity index is 1350. The van der Waals surface area contributed by atoms with Crippen LogP contribution in [0.15, 0.2) is 53.7 Å². The number of anilines is 1. The van der Waals surface area contributed by atoms with Crippen molar-refractivity contribution in [1.29, 1.82) is 0 Å². The molecule has 0 spiro atoms. The van der Waals surface area contributed by atoms with Crippen molar-refractivity contribution in [1.82, 2.24) is 15.3 Å². The first-order valence-electron chi connectivity index (χ1n) is 11.2. The molecule has 1 amide bonds. The average molecular weight is 502 g/mol. The van der Waals surface area contributed by atoms with E-state index < -0.39 is 38.4 Å². The van der Waals surface area contributed by atoms with Crippen LogP contribution in [0, 0.1) is 10.1 Å². The van der Waals surface area contributed by atoms with E-state index in [-0.39, 0.29) is 23.0 Å². The van der Waals surface area contributed by atoms with E-state index in [2.05, 4.69) is 15.3 Å². The molecular formula is C23H27N5O6S. The van der Waals surface area contributed by atoms with Crippen molar-refractivity contribution in [2.24, 2.45) is 0 Å². The number of nitrogens with zero attached hydrogens (tertiary/aromatic N) is 3. The summed E-state index contributed by atoms with van der Waals surface area (Å²) in [6.07, 6.45) is 3.16. The molecule has 2 heterocycles. The van der Waals surface area contributed by atoms with Gasteiger partial charge in [0, 0.05) is 18.3 Å². The number of alkyl carbamates (subject to hydrolysis) is 1. The molecule has 0 unspecified atom stereocenters. The number of nitrogens with one attached hydrogen (secondary N) is 2. The Balaban J connectivity index is 1.78. The molecule has 1 saturated carbocycles. The van der Waals surface area contributed by atoms with Crippen LogP contribution in [0.5, 0.6) is 0 Å². The standard InChI is InChI=1S/C23H27N5O6S/c1-23(2,3)34-22(29)26-15-9-10-16(13-15)27(35(32,33)17-7-5-4-6-8-17)20-18-11-12-24-21(18)25-14-19(20)28(30)31/h4-8,11-12,14-16H,9-10,13H2,1-3H3,(H,24,25)(H,26,29)/t15-,16-/m1/s1. The molecule has 1 aromatic carbocycles. The predicted molar refractivity (Wildman–Crippen MR) is 130 cm³/mol. The number of amides is 1. The van der Waals surface area contributed by atoms with E-state index in [9.17, 15) is 23.3 Å². The van der Waals surface area contributed by atoms with Gasteiger partial charge >= 0.3 is 11.8 Å². The van der Waals surface area contributed by atoms with E-state index in [1.165, 1.54) is 12.1 Å². The number of aromatic amines is 1. The Labute approximate surface area is 202 Å². The lowest BCUT2D eigenvalue weighted by molar-refractivity contribution is -0.384. The maximum absolute atomic E-state index is 13.9. The Morgan fingerprint density at radius 3 is 2.60 bits per heavy atom. The minimum absolute atomic E-state index is 0.0124. The lowest BCUT2D eigenvalue weighted by Crippen LogP contribution is -2.42. The summed E-state index contributed by atoms with van der Waals surface area (Å²) in [5, 5.41) is 15.1. The summed E-state index contributed by atoms with van der Waals surface area (Å²) in [6, 6.07) is 8.37. The number of aromatic nitrogens is 2. The molecule has 186 valence electrons. The van der Waals surface area contributed by atoms with Gasteiger partial charge in [-0.3, -0.25) is 14.4 Å². The Kier molecular flexibility index (Phi) is 6.41. The highest BCUT2D eigenvalue weighted by Gasteiger charge is 2.41. The molecule has 1 aliphatic carbocycles. The van der Waals surface area contributed by atoms with Gasteiger partial charge in [-0.1, -0.05) is 18.2 Å². The Hall–Kier alpha value is -3.67. The third kappa shape index (κ3) is 5.06. The van der Waals surface area contributed by atoms with E-state index in [1.807, 2.05) is 0 Å². The molecule has 4 rings (SSSR count). The zero-order chi connectivity index (χ0) is 25.4. The number of H-pyrrole nitrogens is 1. The van der Waals surface area contributed by atoms with Gasteiger partial charge in [0.05, 0.1) is 15.2 Å². The molecule has 3 aromatic rings. The molecule has 0 saturated heterocycles. The Morgan fingerprint density at radius 2 is 1.94 bits per heavy atom. The van der Waals surface area contributed by atoms with E-state index >= 15 is 0 Å². The normalized spacial score (nSPS) is 18.4. The fraction of sp³-hybridized carbons (Fsp3) is 0.391. The number of ether oxygens (including phenoxy) is 1. The molecule has 12 heteroatoms. The van der Waals surface area contributed by atoms with Crippen LogP contribution in [0.3, 0.4) is 0 Å². The fourth-order valence-corrected chi connectivity index (χ4v) is 6.07. The van der Waals surface area contributed by atoms with Crippen LogP contribution in [0.4, 0.5) is 16.2 Å². The maximum atomic E-state index is 13.9. The quantitative estimate of drug-likeness (QED) is 0.381. The largest absolute Gasteiger partial charge is 0.444 e. The number of sulfonamides is 1. The highest BCUT2D eigenvalue weighted by Crippen LogP contribution is 2.42. The first-order chi connectivity index (χ1) is 16.5. The zero-order valence-corrected chi connectivity index (χ0v) is 20.4. The number of benzene rings is 1. The van der Waals surface area contributed by atoms with Crippen LogP contribution in [0.25, 0.3) is 11.0 Å². The molecule has 0 aliphatic heterocycles. The summed E-state index contributed by atoms with van der Waals surface area (Å²) < 4.78 is 34.3. The van der Waals surface area contributed by atoms with Gasteiger partial charge in [-0.05, 0) is 58.2 Å². The van der Waals surface area contributed by atoms with Crippen molar-refractivity contribution >= 4 is 38.5 Å². The summed E-state index contributed by atoms with van der Waals surface area (Å²) in [5.41, 5.74) is -0.809. The van der Waals surface area contributed by atoms with Crippen molar-refractivity contribution in [3.8, 4) is 0 Å². The lowest BCUT2D eigenvalue weighted by atomic mass is 10.2. The number of carbonyl (C=O) groups is 1. The number of rotatable bonds is 6. The van der Waals surface area contributed by atoms with Crippen molar-refractivity contribution in [3.05, 3.63) is 58.9 Å². The summed E-state index contributed by atoms with van der Waals surface area (Å²) in [5.74, 6) is 0. The van der Waals surface area contributed by atoms with E-state index in [0.29, 0.717) is 23.9 Å². The van der Waals surface area contributed by atoms with Crippen LogP contribution >= 0.6 is 0 Å². The summed E-state index contributed by atoms with van der Waals surface area (Å²) >= 11 is 0. The smallest absolute Gasteiger partial charge is 0.407 e. The first-order valence-corrected chi connectivity index (χ1v) is 12.6. The van der Waals surface area contributed by atoms with Gasteiger partial charge in [-0.15, -0.1) is 0 Å². The van der Waals surface area contributed by atoms with Crippen molar-refractivity contribution in [2.45, 2.75) is 62.6 Å². The summed E-state index contributed by atoms with van der Waals surface area (Å²) in [4.78, 5) is 30.6. The first kappa shape index (κ1) is 24.5. The number of hydrogen-bond acceptors (Lipinski definition) is 7. The van der Waals surface area contributed by atoms with E-state index in [1.54, 1.807) is 51.2 Å². The number of pyridine rings is 1. The second-order valence-electron chi connectivity index (χ2n) is 9.41. The summed E-state index contributed by atoms with van der Waals surface area (Å²) in [6.45, 7) is 5.26. The van der Waals surface area contributed by atoms with E-state index in [4.69, 9.17) is 4.74 Å². The lowest BCUT2D eigenvalue weighted by Gasteiger charge is -2.30. The van der Waals surface area contributed by atoms with Crippen LogP contribution < -0.4 is 9.62 Å². The third-order valence-corrected chi connectivity index (χ3v) is 7.58. The van der Waals surface area contributed by atoms with Gasteiger partial charge in [-0.25, -0.2) is 18.2 Å².